The second kappa shape index (κ2) is 5.21. The minimum Gasteiger partial charge on any atom is -0.478 e. The van der Waals surface area contributed by atoms with Crippen molar-refractivity contribution in [1.29, 1.82) is 0 Å². The minimum absolute atomic E-state index is 0.0985. The molecular formula is C13H14N2O5S. The lowest BCUT2D eigenvalue weighted by Crippen LogP contribution is -2.49. The van der Waals surface area contributed by atoms with Crippen molar-refractivity contribution in [3.05, 3.63) is 35.9 Å². The molecule has 21 heavy (non-hydrogen) atoms. The van der Waals surface area contributed by atoms with Crippen molar-refractivity contribution in [3.8, 4) is 0 Å². The smallest absolute Gasteiger partial charge is 0.338 e. The van der Waals surface area contributed by atoms with Crippen molar-refractivity contribution in [2.24, 2.45) is 0 Å². The third-order valence-electron chi connectivity index (χ3n) is 3.14. The van der Waals surface area contributed by atoms with Crippen LogP contribution in [0, 0.1) is 0 Å². The van der Waals surface area contributed by atoms with E-state index in [9.17, 15) is 18.0 Å². The van der Waals surface area contributed by atoms with E-state index in [1.165, 1.54) is 30.2 Å². The van der Waals surface area contributed by atoms with Crippen LogP contribution in [0.5, 0.6) is 0 Å². The van der Waals surface area contributed by atoms with Gasteiger partial charge in [-0.25, -0.2) is 22.3 Å². The number of rotatable bonds is 3. The molecule has 0 saturated heterocycles. The van der Waals surface area contributed by atoms with Crippen molar-refractivity contribution >= 4 is 27.7 Å². The van der Waals surface area contributed by atoms with Crippen LogP contribution in [0.15, 0.2) is 35.2 Å². The summed E-state index contributed by atoms with van der Waals surface area (Å²) in [4.78, 5) is 24.1. The number of aromatic carboxylic acids is 1. The Morgan fingerprint density at radius 2 is 2.05 bits per heavy atom. The van der Waals surface area contributed by atoms with Gasteiger partial charge in [0.1, 0.15) is 4.90 Å². The van der Waals surface area contributed by atoms with E-state index in [1.807, 2.05) is 0 Å². The first-order valence-electron chi connectivity index (χ1n) is 6.09. The molecule has 0 fully saturated rings. The highest BCUT2D eigenvalue weighted by molar-refractivity contribution is 7.90. The Hall–Kier alpha value is -2.35. The summed E-state index contributed by atoms with van der Waals surface area (Å²) in [5.41, 5.74) is 0.0211. The van der Waals surface area contributed by atoms with Gasteiger partial charge in [0.25, 0.3) is 10.0 Å². The number of fused-ring (bicyclic) bond motifs is 1. The predicted octanol–water partition coefficient (Wildman–Crippen LogP) is 1.52. The van der Waals surface area contributed by atoms with Crippen LogP contribution >= 0.6 is 0 Å². The van der Waals surface area contributed by atoms with Gasteiger partial charge in [-0.15, -0.1) is 0 Å². The molecule has 1 aromatic carbocycles. The van der Waals surface area contributed by atoms with Crippen molar-refractivity contribution in [1.82, 2.24) is 4.31 Å². The van der Waals surface area contributed by atoms with Gasteiger partial charge in [-0.05, 0) is 25.1 Å². The largest absolute Gasteiger partial charge is 0.478 e. The summed E-state index contributed by atoms with van der Waals surface area (Å²) in [5, 5.41) is 8.98. The van der Waals surface area contributed by atoms with Gasteiger partial charge in [0, 0.05) is 7.05 Å². The first-order valence-corrected chi connectivity index (χ1v) is 7.53. The van der Waals surface area contributed by atoms with Crippen LogP contribution in [0.4, 0.5) is 10.5 Å². The maximum absolute atomic E-state index is 12.5. The van der Waals surface area contributed by atoms with Gasteiger partial charge in [-0.2, -0.15) is 0 Å². The average Bonchev–Trinajstić information content (AvgIpc) is 2.44. The maximum atomic E-state index is 12.5. The quantitative estimate of drug-likeness (QED) is 0.854. The summed E-state index contributed by atoms with van der Waals surface area (Å²) in [5.74, 6) is -1.23. The van der Waals surface area contributed by atoms with Crippen LogP contribution in [0.3, 0.4) is 0 Å². The van der Waals surface area contributed by atoms with Crippen LogP contribution < -0.4 is 4.90 Å². The van der Waals surface area contributed by atoms with Crippen LogP contribution in [0.1, 0.15) is 17.3 Å². The highest BCUT2D eigenvalue weighted by Gasteiger charge is 2.39. The van der Waals surface area contributed by atoms with Gasteiger partial charge < -0.3 is 5.11 Å². The fourth-order valence-corrected chi connectivity index (χ4v) is 3.59. The molecule has 0 bridgehead atoms. The van der Waals surface area contributed by atoms with Gasteiger partial charge in [-0.3, -0.25) is 4.90 Å². The number of benzene rings is 1. The molecule has 0 radical (unpaired) electrons. The third-order valence-corrected chi connectivity index (χ3v) is 4.91. The molecule has 0 aliphatic carbocycles. The van der Waals surface area contributed by atoms with Crippen molar-refractivity contribution in [3.63, 3.8) is 0 Å². The molecule has 0 unspecified atom stereocenters. The van der Waals surface area contributed by atoms with Gasteiger partial charge in [0.05, 0.1) is 17.8 Å². The Morgan fingerprint density at radius 1 is 1.38 bits per heavy atom. The topological polar surface area (TPSA) is 95.0 Å². The number of urea groups is 1. The zero-order chi connectivity index (χ0) is 15.8. The fraction of sp³-hybridized carbons (Fsp3) is 0.231. The van der Waals surface area contributed by atoms with Gasteiger partial charge in [0.15, 0.2) is 0 Å². The number of anilines is 1. The number of hydrogen-bond acceptors (Lipinski definition) is 4. The molecule has 2 rings (SSSR count). The Labute approximate surface area is 122 Å². The number of carbonyl (C=O) groups is 2. The monoisotopic (exact) mass is 310 g/mol. The molecule has 112 valence electrons. The van der Waals surface area contributed by atoms with E-state index in [0.29, 0.717) is 4.31 Å². The molecule has 0 atom stereocenters. The van der Waals surface area contributed by atoms with Crippen molar-refractivity contribution in [2.75, 3.05) is 18.5 Å². The van der Waals surface area contributed by atoms with Crippen molar-refractivity contribution in [2.45, 2.75) is 11.8 Å². The first kappa shape index (κ1) is 15.0. The van der Waals surface area contributed by atoms with Crippen LogP contribution in [0.2, 0.25) is 0 Å². The number of amides is 2. The van der Waals surface area contributed by atoms with E-state index in [-0.39, 0.29) is 22.7 Å². The Balaban J connectivity index is 2.65. The molecule has 1 aliphatic heterocycles. The second-order valence-corrected chi connectivity index (χ2v) is 6.27. The van der Waals surface area contributed by atoms with Gasteiger partial charge >= 0.3 is 12.0 Å². The number of allylic oxidation sites excluding steroid dienone is 1. The number of carbonyl (C=O) groups excluding carboxylic acids is 1. The maximum Gasteiger partial charge on any atom is 0.338 e. The van der Waals surface area contributed by atoms with E-state index >= 15 is 0 Å². The van der Waals surface area contributed by atoms with Crippen LogP contribution in [0.25, 0.3) is 0 Å². The molecule has 0 aromatic heterocycles. The second-order valence-electron chi connectivity index (χ2n) is 4.43. The highest BCUT2D eigenvalue weighted by atomic mass is 32.2. The van der Waals surface area contributed by atoms with Crippen LogP contribution in [-0.4, -0.2) is 43.4 Å². The Morgan fingerprint density at radius 3 is 2.62 bits per heavy atom. The molecule has 7 nitrogen and oxygen atoms in total. The Bertz CT molecular complexity index is 739. The fourth-order valence-electron chi connectivity index (χ4n) is 2.00. The molecular weight excluding hydrogens is 296 g/mol. The number of sulfonamides is 1. The minimum atomic E-state index is -4.07. The number of carboxylic acid groups (broad SMARTS) is 1. The van der Waals surface area contributed by atoms with E-state index in [4.69, 9.17) is 5.11 Å². The summed E-state index contributed by atoms with van der Waals surface area (Å²) < 4.78 is 25.7. The Kier molecular flexibility index (Phi) is 3.73. The molecule has 1 aliphatic rings. The average molecular weight is 310 g/mol. The normalized spacial score (nSPS) is 17.1. The molecule has 0 saturated carbocycles. The molecule has 2 amide bonds. The standard InChI is InChI=1S/C13H14N2O5S/c1-3-4-7-15-13(18)14(2)10-6-5-9(12(16)17)8-11(10)21(15,19)20/h3-6,8H,7H2,1-2H3,(H,16,17). The molecule has 1 aromatic rings. The number of carboxylic acids is 1. The third kappa shape index (κ3) is 2.38. The zero-order valence-electron chi connectivity index (χ0n) is 11.5. The summed E-state index contributed by atoms with van der Waals surface area (Å²) in [6.07, 6.45) is 3.17. The first-order chi connectivity index (χ1) is 9.80. The van der Waals surface area contributed by atoms with Gasteiger partial charge in [-0.1, -0.05) is 12.2 Å². The highest BCUT2D eigenvalue weighted by Crippen LogP contribution is 2.34. The lowest BCUT2D eigenvalue weighted by molar-refractivity contribution is 0.0696. The van der Waals surface area contributed by atoms with Crippen LogP contribution in [-0.2, 0) is 10.0 Å². The lowest BCUT2D eigenvalue weighted by atomic mass is 10.2. The van der Waals surface area contributed by atoms with Gasteiger partial charge in [0.2, 0.25) is 0 Å². The van der Waals surface area contributed by atoms with E-state index in [2.05, 4.69) is 0 Å². The summed E-state index contributed by atoms with van der Waals surface area (Å²) in [7, 11) is -2.62. The van der Waals surface area contributed by atoms with E-state index < -0.39 is 22.0 Å². The molecule has 0 spiro atoms. The van der Waals surface area contributed by atoms with E-state index in [0.717, 1.165) is 6.07 Å². The SMILES string of the molecule is CC=CCN1C(=O)N(C)c2ccc(C(=O)O)cc2S1(=O)=O. The number of nitrogens with zero attached hydrogens (tertiary/aromatic N) is 2. The number of hydrogen-bond donors (Lipinski definition) is 1. The summed E-state index contributed by atoms with van der Waals surface area (Å²) in [6.45, 7) is 1.61. The predicted molar refractivity (Wildman–Crippen MR) is 75.9 cm³/mol. The molecule has 1 N–H and O–H groups in total. The van der Waals surface area contributed by atoms with E-state index in [1.54, 1.807) is 13.0 Å². The summed E-state index contributed by atoms with van der Waals surface area (Å²) >= 11 is 0. The lowest BCUT2D eigenvalue weighted by Gasteiger charge is -2.33. The molecule has 8 heteroatoms. The summed E-state index contributed by atoms with van der Waals surface area (Å²) in [6, 6.07) is 2.98. The van der Waals surface area contributed by atoms with Crippen molar-refractivity contribution < 1.29 is 23.1 Å². The zero-order valence-corrected chi connectivity index (χ0v) is 12.3. The molecule has 1 heterocycles.